The maximum absolute atomic E-state index is 10.6. The highest BCUT2D eigenvalue weighted by atomic mass is 16.6. The summed E-state index contributed by atoms with van der Waals surface area (Å²) in [5, 5.41) is 25.7. The van der Waals surface area contributed by atoms with Crippen LogP contribution >= 0.6 is 0 Å². The Hall–Kier alpha value is -2.12. The van der Waals surface area contributed by atoms with Gasteiger partial charge in [0.2, 0.25) is 5.82 Å². The molecule has 0 aromatic carbocycles. The Morgan fingerprint density at radius 3 is 2.94 bits per heavy atom. The van der Waals surface area contributed by atoms with E-state index in [2.05, 4.69) is 10.4 Å². The molecular weight excluding hydrogens is 216 g/mol. The van der Waals surface area contributed by atoms with Crippen LogP contribution < -0.4 is 5.32 Å². The predicted octanol–water partition coefficient (Wildman–Crippen LogP) is 0.603. The number of carbonyl (C=O) groups is 1. The Balaban J connectivity index is 2.80. The highest BCUT2D eigenvalue weighted by molar-refractivity contribution is 5.68. The van der Waals surface area contributed by atoms with Gasteiger partial charge in [0.25, 0.3) is 0 Å². The molecule has 0 aliphatic heterocycles. The minimum atomic E-state index is -0.974. The number of anilines is 1. The summed E-state index contributed by atoms with van der Waals surface area (Å²) < 4.78 is 1.30. The van der Waals surface area contributed by atoms with Crippen LogP contribution in [0.3, 0.4) is 0 Å². The molecule has 0 saturated carbocycles. The second-order valence-corrected chi connectivity index (χ2v) is 3.44. The van der Waals surface area contributed by atoms with E-state index in [0.29, 0.717) is 0 Å². The molecule has 2 N–H and O–H groups in total. The third-order valence-corrected chi connectivity index (χ3v) is 1.87. The molecule has 0 aliphatic carbocycles. The molecule has 0 spiro atoms. The summed E-state index contributed by atoms with van der Waals surface area (Å²) in [6.45, 7) is 1.62. The summed E-state index contributed by atoms with van der Waals surface area (Å²) in [5.41, 5.74) is -0.167. The molecule has 88 valence electrons. The van der Waals surface area contributed by atoms with Gasteiger partial charge in [0.05, 0.1) is 11.3 Å². The van der Waals surface area contributed by atoms with Crippen molar-refractivity contribution in [3.8, 4) is 0 Å². The van der Waals surface area contributed by atoms with E-state index in [9.17, 15) is 14.9 Å². The van der Waals surface area contributed by atoms with Crippen molar-refractivity contribution in [2.75, 3.05) is 5.32 Å². The SMILES string of the molecule is CC(CC(=O)O)Nc1nn(C)cc1[N+](=O)[O-]. The molecule has 0 aliphatic rings. The Morgan fingerprint density at radius 1 is 1.81 bits per heavy atom. The van der Waals surface area contributed by atoms with Crippen LogP contribution in [0.15, 0.2) is 6.20 Å². The monoisotopic (exact) mass is 228 g/mol. The molecule has 1 unspecified atom stereocenters. The summed E-state index contributed by atoms with van der Waals surface area (Å²) in [4.78, 5) is 20.5. The summed E-state index contributed by atoms with van der Waals surface area (Å²) in [7, 11) is 1.56. The van der Waals surface area contributed by atoms with Gasteiger partial charge in [-0.15, -0.1) is 5.10 Å². The van der Waals surface area contributed by atoms with Gasteiger partial charge < -0.3 is 10.4 Å². The van der Waals surface area contributed by atoms with Crippen molar-refractivity contribution in [3.63, 3.8) is 0 Å². The molecule has 0 radical (unpaired) electrons. The number of aromatic nitrogens is 2. The first kappa shape index (κ1) is 12.0. The molecular formula is C8H12N4O4. The van der Waals surface area contributed by atoms with Crippen molar-refractivity contribution in [2.24, 2.45) is 7.05 Å². The number of aliphatic carboxylic acids is 1. The molecule has 1 rings (SSSR count). The predicted molar refractivity (Wildman–Crippen MR) is 55.2 cm³/mol. The Morgan fingerprint density at radius 2 is 2.44 bits per heavy atom. The lowest BCUT2D eigenvalue weighted by Gasteiger charge is -2.09. The summed E-state index contributed by atoms with van der Waals surface area (Å²) in [6.07, 6.45) is 1.13. The van der Waals surface area contributed by atoms with Gasteiger partial charge in [-0.1, -0.05) is 0 Å². The average Bonchev–Trinajstić information content (AvgIpc) is 2.44. The first-order chi connectivity index (χ1) is 7.40. The van der Waals surface area contributed by atoms with Gasteiger partial charge >= 0.3 is 11.7 Å². The van der Waals surface area contributed by atoms with Crippen molar-refractivity contribution in [1.82, 2.24) is 9.78 Å². The molecule has 0 saturated heterocycles. The lowest BCUT2D eigenvalue weighted by Crippen LogP contribution is -2.20. The van der Waals surface area contributed by atoms with E-state index in [4.69, 9.17) is 5.11 Å². The second-order valence-electron chi connectivity index (χ2n) is 3.44. The number of hydrogen-bond donors (Lipinski definition) is 2. The zero-order valence-corrected chi connectivity index (χ0v) is 8.88. The lowest BCUT2D eigenvalue weighted by atomic mass is 10.2. The maximum atomic E-state index is 10.6. The van der Waals surface area contributed by atoms with Crippen molar-refractivity contribution >= 4 is 17.5 Å². The lowest BCUT2D eigenvalue weighted by molar-refractivity contribution is -0.384. The highest BCUT2D eigenvalue weighted by Crippen LogP contribution is 2.22. The Bertz CT molecular complexity index is 414. The Labute approximate surface area is 91.0 Å². The molecule has 1 aromatic rings. The molecule has 0 bridgehead atoms. The molecule has 1 heterocycles. The normalized spacial score (nSPS) is 12.1. The van der Waals surface area contributed by atoms with Crippen LogP contribution in [0.2, 0.25) is 0 Å². The fourth-order valence-corrected chi connectivity index (χ4v) is 1.26. The fourth-order valence-electron chi connectivity index (χ4n) is 1.26. The van der Waals surface area contributed by atoms with Crippen LogP contribution in [0.4, 0.5) is 11.5 Å². The number of carboxylic acid groups (broad SMARTS) is 1. The topological polar surface area (TPSA) is 110 Å². The van der Waals surface area contributed by atoms with Crippen molar-refractivity contribution in [1.29, 1.82) is 0 Å². The Kier molecular flexibility index (Phi) is 3.44. The first-order valence-electron chi connectivity index (χ1n) is 4.56. The van der Waals surface area contributed by atoms with Crippen molar-refractivity contribution < 1.29 is 14.8 Å². The van der Waals surface area contributed by atoms with E-state index in [1.54, 1.807) is 14.0 Å². The molecule has 16 heavy (non-hydrogen) atoms. The average molecular weight is 228 g/mol. The van der Waals surface area contributed by atoms with E-state index in [0.717, 1.165) is 0 Å². The number of nitro groups is 1. The number of carboxylic acids is 1. The zero-order valence-electron chi connectivity index (χ0n) is 8.88. The minimum Gasteiger partial charge on any atom is -0.481 e. The van der Waals surface area contributed by atoms with Gasteiger partial charge in [-0.2, -0.15) is 0 Å². The van der Waals surface area contributed by atoms with Crippen molar-refractivity contribution in [3.05, 3.63) is 16.3 Å². The largest absolute Gasteiger partial charge is 0.481 e. The molecule has 1 aromatic heterocycles. The van der Waals surface area contributed by atoms with Gasteiger partial charge in [-0.05, 0) is 6.92 Å². The number of nitrogens with one attached hydrogen (secondary N) is 1. The quantitative estimate of drug-likeness (QED) is 0.564. The maximum Gasteiger partial charge on any atom is 0.330 e. The van der Waals surface area contributed by atoms with Crippen LogP contribution in [-0.4, -0.2) is 31.8 Å². The summed E-state index contributed by atoms with van der Waals surface area (Å²) in [5.74, 6) is -0.889. The fraction of sp³-hybridized carbons (Fsp3) is 0.500. The summed E-state index contributed by atoms with van der Waals surface area (Å²) in [6, 6.07) is -0.425. The van der Waals surface area contributed by atoms with E-state index in [1.807, 2.05) is 0 Å². The smallest absolute Gasteiger partial charge is 0.330 e. The van der Waals surface area contributed by atoms with Gasteiger partial charge in [0.15, 0.2) is 0 Å². The third-order valence-electron chi connectivity index (χ3n) is 1.87. The standard InChI is InChI=1S/C8H12N4O4/c1-5(3-7(13)14)9-8-6(12(15)16)4-11(2)10-8/h4-5H,3H2,1-2H3,(H,9,10)(H,13,14). The van der Waals surface area contributed by atoms with E-state index in [1.165, 1.54) is 10.9 Å². The van der Waals surface area contributed by atoms with Gasteiger partial charge in [0.1, 0.15) is 6.20 Å². The third kappa shape index (κ3) is 2.94. The first-order valence-corrected chi connectivity index (χ1v) is 4.56. The van der Waals surface area contributed by atoms with Gasteiger partial charge in [0, 0.05) is 13.1 Å². The zero-order chi connectivity index (χ0) is 12.3. The molecule has 8 nitrogen and oxygen atoms in total. The van der Waals surface area contributed by atoms with E-state index < -0.39 is 16.9 Å². The summed E-state index contributed by atoms with van der Waals surface area (Å²) >= 11 is 0. The van der Waals surface area contributed by atoms with Gasteiger partial charge in [-0.25, -0.2) is 0 Å². The van der Waals surface area contributed by atoms with Gasteiger partial charge in [-0.3, -0.25) is 19.6 Å². The molecule has 0 amide bonds. The number of hydrogen-bond acceptors (Lipinski definition) is 5. The van der Waals surface area contributed by atoms with Crippen LogP contribution in [0, 0.1) is 10.1 Å². The van der Waals surface area contributed by atoms with Crippen LogP contribution in [-0.2, 0) is 11.8 Å². The molecule has 8 heteroatoms. The second kappa shape index (κ2) is 4.60. The molecule has 1 atom stereocenters. The van der Waals surface area contributed by atoms with E-state index in [-0.39, 0.29) is 17.9 Å². The van der Waals surface area contributed by atoms with Crippen LogP contribution in [0.5, 0.6) is 0 Å². The van der Waals surface area contributed by atoms with Crippen LogP contribution in [0.1, 0.15) is 13.3 Å². The van der Waals surface area contributed by atoms with Crippen molar-refractivity contribution in [2.45, 2.75) is 19.4 Å². The number of aryl methyl sites for hydroxylation is 1. The number of nitrogens with zero attached hydrogens (tertiary/aromatic N) is 3. The minimum absolute atomic E-state index is 0.0845. The van der Waals surface area contributed by atoms with E-state index >= 15 is 0 Å². The highest BCUT2D eigenvalue weighted by Gasteiger charge is 2.20. The number of rotatable bonds is 5. The molecule has 0 fully saturated rings. The van der Waals surface area contributed by atoms with Crippen LogP contribution in [0.25, 0.3) is 0 Å².